The molecule has 4 aromatic heterocycles. The number of aromatic nitrogens is 5. The van der Waals surface area contributed by atoms with Gasteiger partial charge in [0, 0.05) is 12.0 Å². The minimum Gasteiger partial charge on any atom is -0.309 e. The number of carbonyl (C=O) groups excluding carboxylic acids is 1. The minimum atomic E-state index is -4.70. The third-order valence-corrected chi connectivity index (χ3v) is 5.90. The van der Waals surface area contributed by atoms with Gasteiger partial charge in [0.2, 0.25) is 5.91 Å². The third kappa shape index (κ3) is 3.99. The maximum absolute atomic E-state index is 13.3. The number of hydrogen-bond acceptors (Lipinski definition) is 5. The number of nitrogens with zero attached hydrogens (tertiary/aromatic N) is 5. The Morgan fingerprint density at radius 1 is 1.15 bits per heavy atom. The largest absolute Gasteiger partial charge is 0.433 e. The molecule has 0 radical (unpaired) electrons. The Bertz CT molecular complexity index is 1450. The molecule has 0 bridgehead atoms. The fourth-order valence-corrected chi connectivity index (χ4v) is 4.27. The van der Waals surface area contributed by atoms with Crippen molar-refractivity contribution in [3.05, 3.63) is 64.1 Å². The van der Waals surface area contributed by atoms with E-state index in [1.54, 1.807) is 6.07 Å². The molecule has 1 saturated carbocycles. The van der Waals surface area contributed by atoms with Crippen molar-refractivity contribution in [2.75, 3.05) is 5.32 Å². The molecule has 1 aliphatic rings. The van der Waals surface area contributed by atoms with E-state index < -0.39 is 35.7 Å². The zero-order chi connectivity index (χ0) is 24.0. The summed E-state index contributed by atoms with van der Waals surface area (Å²) in [5.74, 6) is -0.990. The Labute approximate surface area is 189 Å². The average Bonchev–Trinajstić information content (AvgIpc) is 3.47. The van der Waals surface area contributed by atoms with Crippen LogP contribution in [0, 0.1) is 5.82 Å². The Morgan fingerprint density at radius 3 is 2.59 bits per heavy atom. The number of hydrogen-bond donors (Lipinski definition) is 1. The van der Waals surface area contributed by atoms with Crippen molar-refractivity contribution in [1.82, 2.24) is 24.1 Å². The van der Waals surface area contributed by atoms with Crippen molar-refractivity contribution in [3.63, 3.8) is 0 Å². The zero-order valence-corrected chi connectivity index (χ0v) is 17.6. The van der Waals surface area contributed by atoms with E-state index in [9.17, 15) is 27.2 Å². The maximum Gasteiger partial charge on any atom is 0.433 e. The highest BCUT2D eigenvalue weighted by Gasteiger charge is 2.33. The lowest BCUT2D eigenvalue weighted by Crippen LogP contribution is -2.30. The van der Waals surface area contributed by atoms with Gasteiger partial charge in [-0.15, -0.1) is 0 Å². The number of amides is 1. The second-order valence-corrected chi connectivity index (χ2v) is 8.19. The van der Waals surface area contributed by atoms with E-state index >= 15 is 0 Å². The lowest BCUT2D eigenvalue weighted by molar-refractivity contribution is -0.141. The van der Waals surface area contributed by atoms with Crippen LogP contribution in [0.5, 0.6) is 0 Å². The van der Waals surface area contributed by atoms with Gasteiger partial charge >= 0.3 is 6.18 Å². The van der Waals surface area contributed by atoms with Gasteiger partial charge in [0.05, 0.1) is 17.3 Å². The molecule has 0 spiro atoms. The van der Waals surface area contributed by atoms with Gasteiger partial charge in [0.1, 0.15) is 29.5 Å². The van der Waals surface area contributed by atoms with Gasteiger partial charge in [0.15, 0.2) is 5.65 Å². The number of pyridine rings is 2. The van der Waals surface area contributed by atoms with Crippen LogP contribution in [0.4, 0.5) is 23.4 Å². The number of halogens is 4. The first-order valence-electron chi connectivity index (χ1n) is 10.6. The molecule has 176 valence electrons. The second-order valence-electron chi connectivity index (χ2n) is 8.19. The van der Waals surface area contributed by atoms with Crippen LogP contribution in [0.3, 0.4) is 0 Å². The Kier molecular flexibility index (Phi) is 5.29. The summed E-state index contributed by atoms with van der Waals surface area (Å²) in [6.07, 6.45) is 0.0168. The molecule has 0 unspecified atom stereocenters. The highest BCUT2D eigenvalue weighted by molar-refractivity contribution is 5.90. The molecular formula is C22H18F4N6O2. The molecule has 5 rings (SSSR count). The van der Waals surface area contributed by atoms with Gasteiger partial charge in [-0.25, -0.2) is 14.4 Å². The molecule has 0 atom stereocenters. The van der Waals surface area contributed by atoms with Crippen LogP contribution in [0.15, 0.2) is 41.3 Å². The number of nitrogens with one attached hydrogen (secondary N) is 1. The van der Waals surface area contributed by atoms with Crippen molar-refractivity contribution in [3.8, 4) is 0 Å². The van der Waals surface area contributed by atoms with Crippen molar-refractivity contribution in [2.45, 2.75) is 44.3 Å². The topological polar surface area (TPSA) is 94.2 Å². The summed E-state index contributed by atoms with van der Waals surface area (Å²) in [5, 5.41) is 6.87. The molecule has 0 aromatic carbocycles. The molecular weight excluding hydrogens is 456 g/mol. The van der Waals surface area contributed by atoms with Gasteiger partial charge in [0.25, 0.3) is 5.56 Å². The molecule has 12 heteroatoms. The highest BCUT2D eigenvalue weighted by Crippen LogP contribution is 2.34. The van der Waals surface area contributed by atoms with Gasteiger partial charge in [-0.3, -0.25) is 14.2 Å². The number of rotatable bonds is 4. The predicted molar refractivity (Wildman–Crippen MR) is 114 cm³/mol. The summed E-state index contributed by atoms with van der Waals surface area (Å²) < 4.78 is 55.3. The lowest BCUT2D eigenvalue weighted by Gasteiger charge is -2.12. The van der Waals surface area contributed by atoms with Crippen molar-refractivity contribution in [1.29, 1.82) is 0 Å². The number of fused-ring (bicyclic) bond motifs is 3. The van der Waals surface area contributed by atoms with E-state index in [2.05, 4.69) is 20.4 Å². The van der Waals surface area contributed by atoms with Crippen LogP contribution in [0.2, 0.25) is 0 Å². The monoisotopic (exact) mass is 474 g/mol. The molecule has 1 amide bonds. The third-order valence-electron chi connectivity index (χ3n) is 5.90. The number of alkyl halides is 3. The Balaban J connectivity index is 1.63. The Morgan fingerprint density at radius 2 is 1.91 bits per heavy atom. The lowest BCUT2D eigenvalue weighted by atomic mass is 10.1. The smallest absolute Gasteiger partial charge is 0.309 e. The van der Waals surface area contributed by atoms with Gasteiger partial charge in [-0.1, -0.05) is 12.8 Å². The predicted octanol–water partition coefficient (Wildman–Crippen LogP) is 3.89. The first-order valence-corrected chi connectivity index (χ1v) is 10.6. The van der Waals surface area contributed by atoms with Gasteiger partial charge < -0.3 is 5.32 Å². The van der Waals surface area contributed by atoms with Crippen LogP contribution < -0.4 is 10.9 Å². The summed E-state index contributed by atoms with van der Waals surface area (Å²) in [6.45, 7) is -0.450. The fraction of sp³-hybridized carbons (Fsp3) is 0.318. The molecule has 1 fully saturated rings. The fourth-order valence-electron chi connectivity index (χ4n) is 4.27. The molecule has 1 aliphatic carbocycles. The number of carbonyl (C=O) groups is 1. The van der Waals surface area contributed by atoms with E-state index in [0.717, 1.165) is 54.6 Å². The SMILES string of the molecule is O=C(Cn1c(=O)c2ccc(C(F)(F)F)nc2n2nc(C3CCCC3)cc12)Nc1ccc(F)cn1. The Hall–Kier alpha value is -3.83. The van der Waals surface area contributed by atoms with Crippen LogP contribution in [-0.4, -0.2) is 30.1 Å². The quantitative estimate of drug-likeness (QED) is 0.453. The molecule has 4 heterocycles. The molecule has 8 nitrogen and oxygen atoms in total. The average molecular weight is 474 g/mol. The summed E-state index contributed by atoms with van der Waals surface area (Å²) >= 11 is 0. The van der Waals surface area contributed by atoms with Crippen LogP contribution in [0.1, 0.15) is 43.0 Å². The summed E-state index contributed by atoms with van der Waals surface area (Å²) in [4.78, 5) is 33.3. The maximum atomic E-state index is 13.3. The van der Waals surface area contributed by atoms with E-state index in [0.29, 0.717) is 5.69 Å². The van der Waals surface area contributed by atoms with Crippen LogP contribution in [-0.2, 0) is 17.5 Å². The summed E-state index contributed by atoms with van der Waals surface area (Å²) in [6, 6.07) is 5.79. The van der Waals surface area contributed by atoms with E-state index in [-0.39, 0.29) is 28.4 Å². The number of anilines is 1. The van der Waals surface area contributed by atoms with E-state index in [1.807, 2.05) is 0 Å². The second kappa shape index (κ2) is 8.19. The van der Waals surface area contributed by atoms with Crippen molar-refractivity contribution < 1.29 is 22.4 Å². The molecule has 0 saturated heterocycles. The molecule has 4 aromatic rings. The van der Waals surface area contributed by atoms with Crippen LogP contribution in [0.25, 0.3) is 16.7 Å². The molecule has 1 N–H and O–H groups in total. The van der Waals surface area contributed by atoms with E-state index in [4.69, 9.17) is 0 Å². The van der Waals surface area contributed by atoms with Crippen molar-refractivity contribution in [2.24, 2.45) is 0 Å². The van der Waals surface area contributed by atoms with Gasteiger partial charge in [-0.2, -0.15) is 22.8 Å². The summed E-state index contributed by atoms with van der Waals surface area (Å²) in [5.41, 5.74) is -1.25. The first-order chi connectivity index (χ1) is 16.2. The molecule has 34 heavy (non-hydrogen) atoms. The zero-order valence-electron chi connectivity index (χ0n) is 17.6. The normalized spacial score (nSPS) is 14.8. The highest BCUT2D eigenvalue weighted by atomic mass is 19.4. The minimum absolute atomic E-state index is 0.0906. The van der Waals surface area contributed by atoms with Gasteiger partial charge in [-0.05, 0) is 37.1 Å². The first kappa shape index (κ1) is 22.0. The standard InChI is InChI=1S/C22H18F4N6O2/c23-13-5-8-17(27-10-13)29-18(33)11-31-19-9-15(12-3-1-2-4-12)30-32(19)20-14(21(31)34)6-7-16(28-20)22(24,25)26/h5-10,12H,1-4,11H2,(H,27,29,33). The summed E-state index contributed by atoms with van der Waals surface area (Å²) in [7, 11) is 0. The molecule has 0 aliphatic heterocycles. The van der Waals surface area contributed by atoms with Crippen LogP contribution >= 0.6 is 0 Å². The van der Waals surface area contributed by atoms with Crippen molar-refractivity contribution >= 4 is 28.4 Å². The van der Waals surface area contributed by atoms with E-state index in [1.165, 1.54) is 10.6 Å².